The second-order valence-electron chi connectivity index (χ2n) is 8.73. The number of hydrogen-bond acceptors (Lipinski definition) is 4. The molecular weight excluding hydrogens is 374 g/mol. The lowest BCUT2D eigenvalue weighted by Crippen LogP contribution is -2.23. The first kappa shape index (κ1) is 19.1. The zero-order chi connectivity index (χ0) is 20.7. The van der Waals surface area contributed by atoms with Gasteiger partial charge in [0.1, 0.15) is 11.6 Å². The Hall–Kier alpha value is -2.92. The van der Waals surface area contributed by atoms with Crippen LogP contribution in [-0.2, 0) is 6.42 Å². The summed E-state index contributed by atoms with van der Waals surface area (Å²) in [6.45, 7) is 2.75. The van der Waals surface area contributed by atoms with E-state index >= 15 is 0 Å². The monoisotopic (exact) mass is 401 g/mol. The van der Waals surface area contributed by atoms with Gasteiger partial charge >= 0.3 is 0 Å². The third kappa shape index (κ3) is 3.54. The molecule has 2 unspecified atom stereocenters. The van der Waals surface area contributed by atoms with Gasteiger partial charge in [-0.25, -0.2) is 4.98 Å². The molecule has 4 aromatic rings. The van der Waals surface area contributed by atoms with Crippen LogP contribution < -0.4 is 11.3 Å². The number of rotatable bonds is 4. The number of aromatic nitrogens is 2. The topological polar surface area (TPSA) is 84.9 Å². The minimum atomic E-state index is -0.110. The van der Waals surface area contributed by atoms with Crippen LogP contribution in [0.25, 0.3) is 33.1 Å². The molecule has 1 aliphatic rings. The molecule has 3 N–H and O–H groups in total. The van der Waals surface area contributed by atoms with Crippen LogP contribution in [0.3, 0.4) is 0 Å². The summed E-state index contributed by atoms with van der Waals surface area (Å²) < 4.78 is 5.96. The highest BCUT2D eigenvalue weighted by atomic mass is 16.3. The molecule has 2 aromatic carbocycles. The lowest BCUT2D eigenvalue weighted by atomic mass is 9.79. The van der Waals surface area contributed by atoms with Crippen molar-refractivity contribution in [2.45, 2.75) is 39.0 Å². The largest absolute Gasteiger partial charge is 0.468 e. The number of nitrogens with zero attached hydrogens (tertiary/aromatic N) is 1. The zero-order valence-electron chi connectivity index (χ0n) is 17.3. The van der Waals surface area contributed by atoms with Crippen LogP contribution in [0.4, 0.5) is 0 Å². The maximum Gasteiger partial charge on any atom is 0.259 e. The van der Waals surface area contributed by atoms with E-state index in [4.69, 9.17) is 15.1 Å². The summed E-state index contributed by atoms with van der Waals surface area (Å²) in [6, 6.07) is 11.9. The first-order chi connectivity index (χ1) is 14.6. The Labute approximate surface area is 175 Å². The van der Waals surface area contributed by atoms with Crippen LogP contribution in [0.5, 0.6) is 0 Å². The van der Waals surface area contributed by atoms with Crippen molar-refractivity contribution in [1.82, 2.24) is 9.97 Å². The second kappa shape index (κ2) is 7.73. The number of fused-ring (bicyclic) bond motifs is 2. The van der Waals surface area contributed by atoms with Gasteiger partial charge < -0.3 is 15.1 Å². The molecule has 0 aliphatic heterocycles. The standard InChI is InChI=1S/C25H27N3O2/c1-15-5-8-22-21(9-15)25(29)28-24(27-22)18-6-7-19-14-30-23(20(19)12-18)11-16-3-2-4-17(10-16)13-26/h5-9,12,14,16-17H,2-4,10-11,13,26H2,1H3,(H,27,28,29). The first-order valence-electron chi connectivity index (χ1n) is 10.8. The van der Waals surface area contributed by atoms with Crippen LogP contribution in [0.1, 0.15) is 37.0 Å². The number of H-pyrrole nitrogens is 1. The summed E-state index contributed by atoms with van der Waals surface area (Å²) in [6.07, 6.45) is 7.67. The van der Waals surface area contributed by atoms with Gasteiger partial charge in [0.05, 0.1) is 17.2 Å². The van der Waals surface area contributed by atoms with Crippen molar-refractivity contribution < 1.29 is 4.42 Å². The fourth-order valence-electron chi connectivity index (χ4n) is 4.86. The molecule has 2 atom stereocenters. The number of benzene rings is 2. The molecule has 30 heavy (non-hydrogen) atoms. The SMILES string of the molecule is Cc1ccc2nc(-c3ccc4coc(CC5CCCC(CN)C5)c4c3)[nH]c(=O)c2c1. The molecule has 1 saturated carbocycles. The van der Waals surface area contributed by atoms with Crippen LogP contribution in [0.2, 0.25) is 0 Å². The van der Waals surface area contributed by atoms with Crippen LogP contribution in [0, 0.1) is 18.8 Å². The Morgan fingerprint density at radius 3 is 2.87 bits per heavy atom. The molecule has 0 saturated heterocycles. The normalized spacial score (nSPS) is 19.5. The van der Waals surface area contributed by atoms with E-state index in [9.17, 15) is 4.79 Å². The molecule has 5 nitrogen and oxygen atoms in total. The summed E-state index contributed by atoms with van der Waals surface area (Å²) in [7, 11) is 0. The van der Waals surface area contributed by atoms with Gasteiger partial charge in [0.15, 0.2) is 0 Å². The molecular formula is C25H27N3O2. The summed E-state index contributed by atoms with van der Waals surface area (Å²) in [5, 5.41) is 2.81. The van der Waals surface area contributed by atoms with Gasteiger partial charge in [-0.15, -0.1) is 0 Å². The van der Waals surface area contributed by atoms with Gasteiger partial charge in [-0.05, 0) is 62.8 Å². The molecule has 2 aromatic heterocycles. The molecule has 0 spiro atoms. The first-order valence-corrected chi connectivity index (χ1v) is 10.8. The van der Waals surface area contributed by atoms with Crippen molar-refractivity contribution in [3.05, 3.63) is 64.3 Å². The Kier molecular flexibility index (Phi) is 4.91. The lowest BCUT2D eigenvalue weighted by molar-refractivity contribution is 0.261. The van der Waals surface area contributed by atoms with Crippen molar-refractivity contribution in [3.63, 3.8) is 0 Å². The number of nitrogens with two attached hydrogens (primary N) is 1. The number of aryl methyl sites for hydroxylation is 1. The van der Waals surface area contributed by atoms with Gasteiger partial charge in [-0.3, -0.25) is 4.79 Å². The molecule has 0 bridgehead atoms. The average molecular weight is 402 g/mol. The summed E-state index contributed by atoms with van der Waals surface area (Å²) >= 11 is 0. The predicted molar refractivity (Wildman–Crippen MR) is 121 cm³/mol. The van der Waals surface area contributed by atoms with Gasteiger partial charge in [0.25, 0.3) is 5.56 Å². The van der Waals surface area contributed by atoms with E-state index in [0.717, 1.165) is 40.6 Å². The Morgan fingerprint density at radius 2 is 2.00 bits per heavy atom. The molecule has 1 aliphatic carbocycles. The number of nitrogens with one attached hydrogen (secondary N) is 1. The summed E-state index contributed by atoms with van der Waals surface area (Å²) in [5.74, 6) is 2.86. The molecule has 5 rings (SSSR count). The molecule has 1 fully saturated rings. The van der Waals surface area contributed by atoms with Gasteiger partial charge in [-0.1, -0.05) is 30.2 Å². The predicted octanol–water partition coefficient (Wildman–Crippen LogP) is 4.95. The van der Waals surface area contributed by atoms with Crippen molar-refractivity contribution >= 4 is 21.7 Å². The van der Waals surface area contributed by atoms with Crippen LogP contribution in [0.15, 0.2) is 51.9 Å². The minimum absolute atomic E-state index is 0.110. The smallest absolute Gasteiger partial charge is 0.259 e. The van der Waals surface area contributed by atoms with Gasteiger partial charge in [0.2, 0.25) is 0 Å². The highest BCUT2D eigenvalue weighted by Gasteiger charge is 2.23. The zero-order valence-corrected chi connectivity index (χ0v) is 17.3. The second-order valence-corrected chi connectivity index (χ2v) is 8.73. The Balaban J connectivity index is 1.51. The average Bonchev–Trinajstić information content (AvgIpc) is 3.16. The van der Waals surface area contributed by atoms with Gasteiger partial charge in [-0.2, -0.15) is 0 Å². The van der Waals surface area contributed by atoms with E-state index in [1.165, 1.54) is 25.7 Å². The van der Waals surface area contributed by atoms with E-state index in [0.29, 0.717) is 28.6 Å². The third-order valence-electron chi connectivity index (χ3n) is 6.51. The van der Waals surface area contributed by atoms with E-state index in [1.54, 1.807) is 0 Å². The molecule has 154 valence electrons. The van der Waals surface area contributed by atoms with Gasteiger partial charge in [0, 0.05) is 22.8 Å². The molecule has 5 heteroatoms. The van der Waals surface area contributed by atoms with Crippen LogP contribution >= 0.6 is 0 Å². The van der Waals surface area contributed by atoms with E-state index in [2.05, 4.69) is 11.1 Å². The maximum absolute atomic E-state index is 12.6. The highest BCUT2D eigenvalue weighted by molar-refractivity contribution is 5.88. The maximum atomic E-state index is 12.6. The summed E-state index contributed by atoms with van der Waals surface area (Å²) in [4.78, 5) is 20.3. The quantitative estimate of drug-likeness (QED) is 0.506. The fraction of sp³-hybridized carbons (Fsp3) is 0.360. The van der Waals surface area contributed by atoms with Crippen molar-refractivity contribution in [2.75, 3.05) is 6.54 Å². The van der Waals surface area contributed by atoms with Crippen LogP contribution in [-0.4, -0.2) is 16.5 Å². The van der Waals surface area contributed by atoms with E-state index < -0.39 is 0 Å². The van der Waals surface area contributed by atoms with Crippen molar-refractivity contribution in [3.8, 4) is 11.4 Å². The van der Waals surface area contributed by atoms with E-state index in [-0.39, 0.29) is 5.56 Å². The van der Waals surface area contributed by atoms with E-state index in [1.807, 2.05) is 43.5 Å². The minimum Gasteiger partial charge on any atom is -0.468 e. The summed E-state index contributed by atoms with van der Waals surface area (Å²) in [5.41, 5.74) is 8.46. The lowest BCUT2D eigenvalue weighted by Gasteiger charge is -2.27. The molecule has 2 heterocycles. The molecule has 0 amide bonds. The Morgan fingerprint density at radius 1 is 1.13 bits per heavy atom. The van der Waals surface area contributed by atoms with Crippen molar-refractivity contribution in [2.24, 2.45) is 17.6 Å². The molecule has 0 radical (unpaired) electrons. The number of furan rings is 1. The number of aromatic amines is 1. The fourth-order valence-corrected chi connectivity index (χ4v) is 4.86. The number of hydrogen-bond donors (Lipinski definition) is 2. The third-order valence-corrected chi connectivity index (χ3v) is 6.51. The highest BCUT2D eigenvalue weighted by Crippen LogP contribution is 2.34. The van der Waals surface area contributed by atoms with Crippen molar-refractivity contribution in [1.29, 1.82) is 0 Å². The Bertz CT molecular complexity index is 1270.